The maximum Gasteiger partial charge on any atom is 0.333 e. The molecule has 0 aliphatic carbocycles. The van der Waals surface area contributed by atoms with Crippen LogP contribution in [0.25, 0.3) is 0 Å². The Morgan fingerprint density at radius 3 is 2.33 bits per heavy atom. The van der Waals surface area contributed by atoms with Crippen LogP contribution < -0.4 is 9.47 Å². The maximum absolute atomic E-state index is 11.6. The van der Waals surface area contributed by atoms with Crippen molar-refractivity contribution in [3.05, 3.63) is 33.4 Å². The smallest absolute Gasteiger partial charge is 0.333 e. The largest absolute Gasteiger partial charge is 0.496 e. The fourth-order valence-corrected chi connectivity index (χ4v) is 2.20. The molecular weight excluding hydrogens is 387 g/mol. The second kappa shape index (κ2) is 7.44. The molecule has 114 valence electrons. The van der Waals surface area contributed by atoms with E-state index in [1.165, 1.54) is 14.0 Å². The Labute approximate surface area is 137 Å². The van der Waals surface area contributed by atoms with Crippen LogP contribution >= 0.6 is 22.6 Å². The Balaban J connectivity index is 3.12. The Morgan fingerprint density at radius 1 is 1.24 bits per heavy atom. The van der Waals surface area contributed by atoms with E-state index in [2.05, 4.69) is 6.58 Å². The second-order valence-electron chi connectivity index (χ2n) is 4.45. The number of ether oxygens (including phenoxy) is 3. The van der Waals surface area contributed by atoms with Crippen molar-refractivity contribution < 1.29 is 23.8 Å². The summed E-state index contributed by atoms with van der Waals surface area (Å²) in [5.74, 6) is 0.00362. The van der Waals surface area contributed by atoms with Gasteiger partial charge in [0.25, 0.3) is 0 Å². The van der Waals surface area contributed by atoms with Crippen molar-refractivity contribution in [2.24, 2.45) is 0 Å². The predicted molar refractivity (Wildman–Crippen MR) is 86.3 cm³/mol. The van der Waals surface area contributed by atoms with E-state index in [1.807, 2.05) is 22.6 Å². The number of methoxy groups -OCH3 is 1. The molecule has 21 heavy (non-hydrogen) atoms. The van der Waals surface area contributed by atoms with Gasteiger partial charge in [-0.2, -0.15) is 0 Å². The van der Waals surface area contributed by atoms with Gasteiger partial charge >= 0.3 is 11.9 Å². The van der Waals surface area contributed by atoms with E-state index >= 15 is 0 Å². The summed E-state index contributed by atoms with van der Waals surface area (Å²) in [4.78, 5) is 22.6. The zero-order chi connectivity index (χ0) is 16.2. The number of carbonyl (C=O) groups excluding carboxylic acids is 2. The number of halogens is 1. The standard InChI is InChI=1S/C15H17IO5/c1-8(2)15(18)20-9(3)11-6-12(16)14(21-10(4)17)7-13(11)19-5/h6-7,9H,1H2,2-5H3. The third-order valence-corrected chi connectivity index (χ3v) is 3.45. The van der Waals surface area contributed by atoms with Gasteiger partial charge in [0.2, 0.25) is 0 Å². The van der Waals surface area contributed by atoms with E-state index in [0.29, 0.717) is 22.6 Å². The second-order valence-corrected chi connectivity index (χ2v) is 5.61. The molecule has 0 N–H and O–H groups in total. The summed E-state index contributed by atoms with van der Waals surface area (Å²) in [5.41, 5.74) is 1.01. The molecule has 0 bridgehead atoms. The van der Waals surface area contributed by atoms with E-state index in [1.54, 1.807) is 26.0 Å². The molecule has 5 nitrogen and oxygen atoms in total. The maximum atomic E-state index is 11.6. The molecule has 1 atom stereocenters. The minimum absolute atomic E-state index is 0.326. The average molecular weight is 404 g/mol. The van der Waals surface area contributed by atoms with Crippen LogP contribution in [0, 0.1) is 3.57 Å². The van der Waals surface area contributed by atoms with E-state index in [9.17, 15) is 9.59 Å². The molecule has 1 rings (SSSR count). The lowest BCUT2D eigenvalue weighted by Gasteiger charge is -2.18. The Hall–Kier alpha value is -1.57. The highest BCUT2D eigenvalue weighted by Gasteiger charge is 2.19. The first-order valence-corrected chi connectivity index (χ1v) is 7.26. The van der Waals surface area contributed by atoms with Gasteiger partial charge in [0.1, 0.15) is 17.6 Å². The highest BCUT2D eigenvalue weighted by molar-refractivity contribution is 14.1. The van der Waals surface area contributed by atoms with E-state index in [4.69, 9.17) is 14.2 Å². The molecule has 0 saturated carbocycles. The summed E-state index contributed by atoms with van der Waals surface area (Å²) in [5, 5.41) is 0. The van der Waals surface area contributed by atoms with Crippen LogP contribution in [0.3, 0.4) is 0 Å². The molecule has 0 aliphatic heterocycles. The third kappa shape index (κ3) is 4.73. The van der Waals surface area contributed by atoms with Gasteiger partial charge < -0.3 is 14.2 Å². The van der Waals surface area contributed by atoms with Gasteiger partial charge in [-0.15, -0.1) is 0 Å². The number of hydrogen-bond donors (Lipinski definition) is 0. The molecule has 1 unspecified atom stereocenters. The van der Waals surface area contributed by atoms with Crippen molar-refractivity contribution in [2.75, 3.05) is 7.11 Å². The number of rotatable bonds is 5. The molecule has 1 aromatic carbocycles. The van der Waals surface area contributed by atoms with Crippen LogP contribution in [0.2, 0.25) is 0 Å². The number of carbonyl (C=O) groups is 2. The fraction of sp³-hybridized carbons (Fsp3) is 0.333. The Kier molecular flexibility index (Phi) is 6.19. The third-order valence-electron chi connectivity index (χ3n) is 2.61. The molecule has 0 aliphatic rings. The summed E-state index contributed by atoms with van der Waals surface area (Å²) in [6.45, 7) is 8.19. The summed E-state index contributed by atoms with van der Waals surface area (Å²) >= 11 is 2.04. The molecular formula is C15H17IO5. The van der Waals surface area contributed by atoms with Crippen LogP contribution in [0.4, 0.5) is 0 Å². The number of esters is 2. The average Bonchev–Trinajstić information content (AvgIpc) is 2.39. The molecule has 0 radical (unpaired) electrons. The van der Waals surface area contributed by atoms with Crippen molar-refractivity contribution >= 4 is 34.5 Å². The summed E-state index contributed by atoms with van der Waals surface area (Å²) < 4.78 is 16.4. The molecule has 1 aromatic rings. The van der Waals surface area contributed by atoms with Gasteiger partial charge in [-0.3, -0.25) is 4.79 Å². The van der Waals surface area contributed by atoms with Crippen LogP contribution in [0.15, 0.2) is 24.3 Å². The van der Waals surface area contributed by atoms with E-state index in [0.717, 1.165) is 3.57 Å². The van der Waals surface area contributed by atoms with Crippen LogP contribution in [-0.4, -0.2) is 19.0 Å². The number of benzene rings is 1. The van der Waals surface area contributed by atoms with Crippen molar-refractivity contribution in [1.82, 2.24) is 0 Å². The van der Waals surface area contributed by atoms with Crippen molar-refractivity contribution in [1.29, 1.82) is 0 Å². The van der Waals surface area contributed by atoms with Crippen molar-refractivity contribution in [3.63, 3.8) is 0 Å². The molecule has 0 amide bonds. The van der Waals surface area contributed by atoms with Crippen LogP contribution in [0.1, 0.15) is 32.4 Å². The topological polar surface area (TPSA) is 61.8 Å². The van der Waals surface area contributed by atoms with Crippen molar-refractivity contribution in [2.45, 2.75) is 26.9 Å². The fourth-order valence-electron chi connectivity index (χ4n) is 1.60. The highest BCUT2D eigenvalue weighted by Crippen LogP contribution is 2.35. The lowest BCUT2D eigenvalue weighted by molar-refractivity contribution is -0.143. The Bertz CT molecular complexity index is 580. The SMILES string of the molecule is C=C(C)C(=O)OC(C)c1cc(I)c(OC(C)=O)cc1OC. The lowest BCUT2D eigenvalue weighted by Crippen LogP contribution is -2.11. The van der Waals surface area contributed by atoms with Gasteiger partial charge in [-0.25, -0.2) is 4.79 Å². The summed E-state index contributed by atoms with van der Waals surface area (Å²) in [7, 11) is 1.50. The van der Waals surface area contributed by atoms with Gasteiger partial charge in [-0.05, 0) is 42.5 Å². The first kappa shape index (κ1) is 17.5. The normalized spacial score (nSPS) is 11.5. The Morgan fingerprint density at radius 2 is 1.86 bits per heavy atom. The van der Waals surface area contributed by atoms with Crippen LogP contribution in [0.5, 0.6) is 11.5 Å². The molecule has 0 heterocycles. The van der Waals surface area contributed by atoms with E-state index in [-0.39, 0.29) is 0 Å². The minimum atomic E-state index is -0.510. The number of hydrogen-bond acceptors (Lipinski definition) is 5. The van der Waals surface area contributed by atoms with Gasteiger partial charge in [0.15, 0.2) is 0 Å². The minimum Gasteiger partial charge on any atom is -0.496 e. The highest BCUT2D eigenvalue weighted by atomic mass is 127. The zero-order valence-electron chi connectivity index (χ0n) is 12.4. The van der Waals surface area contributed by atoms with Crippen molar-refractivity contribution in [3.8, 4) is 11.5 Å². The van der Waals surface area contributed by atoms with Gasteiger partial charge in [0, 0.05) is 24.1 Å². The molecule has 0 aromatic heterocycles. The van der Waals surface area contributed by atoms with Gasteiger partial charge in [-0.1, -0.05) is 6.58 Å². The molecule has 6 heteroatoms. The summed E-state index contributed by atoms with van der Waals surface area (Å²) in [6, 6.07) is 3.36. The first-order valence-electron chi connectivity index (χ1n) is 6.18. The van der Waals surface area contributed by atoms with Crippen LogP contribution in [-0.2, 0) is 14.3 Å². The quantitative estimate of drug-likeness (QED) is 0.326. The summed E-state index contributed by atoms with van der Waals surface area (Å²) in [6.07, 6.45) is -0.510. The molecule has 0 spiro atoms. The van der Waals surface area contributed by atoms with Gasteiger partial charge in [0.05, 0.1) is 10.7 Å². The zero-order valence-corrected chi connectivity index (χ0v) is 14.5. The first-order chi connectivity index (χ1) is 9.76. The van der Waals surface area contributed by atoms with E-state index < -0.39 is 18.0 Å². The molecule has 0 saturated heterocycles. The lowest BCUT2D eigenvalue weighted by atomic mass is 10.1. The predicted octanol–water partition coefficient (Wildman–Crippen LogP) is 3.41. The monoisotopic (exact) mass is 404 g/mol. The molecule has 0 fully saturated rings.